The van der Waals surface area contributed by atoms with E-state index in [0.717, 1.165) is 12.0 Å². The van der Waals surface area contributed by atoms with E-state index in [0.29, 0.717) is 4.90 Å². The van der Waals surface area contributed by atoms with Gasteiger partial charge in [0, 0.05) is 6.54 Å². The lowest BCUT2D eigenvalue weighted by Gasteiger charge is -2.04. The summed E-state index contributed by atoms with van der Waals surface area (Å²) in [6.45, 7) is 4.38. The molecular weight excluding hydrogens is 282 g/mol. The van der Waals surface area contributed by atoms with Crippen molar-refractivity contribution < 1.29 is 8.42 Å². The first-order chi connectivity index (χ1) is 10.1. The van der Waals surface area contributed by atoms with Crippen molar-refractivity contribution in [3.8, 4) is 0 Å². The lowest BCUT2D eigenvalue weighted by Crippen LogP contribution is -2.23. The summed E-state index contributed by atoms with van der Waals surface area (Å²) in [7, 11) is -3.42. The van der Waals surface area contributed by atoms with E-state index in [2.05, 4.69) is 17.4 Å². The van der Waals surface area contributed by atoms with Gasteiger partial charge in [-0.05, 0) is 44.1 Å². The molecule has 4 heteroatoms. The Kier molecular flexibility index (Phi) is 8.06. The summed E-state index contributed by atoms with van der Waals surface area (Å²) < 4.78 is 26.5. The van der Waals surface area contributed by atoms with Crippen LogP contribution in [0.15, 0.2) is 47.0 Å². The van der Waals surface area contributed by atoms with Crippen LogP contribution in [0.1, 0.15) is 44.6 Å². The number of nitrogens with one attached hydrogen (secondary N) is 1. The molecule has 116 valence electrons. The number of aryl methyl sites for hydroxylation is 1. The van der Waals surface area contributed by atoms with Gasteiger partial charge in [0.05, 0.1) is 4.90 Å². The Labute approximate surface area is 128 Å². The van der Waals surface area contributed by atoms with Crippen LogP contribution < -0.4 is 4.72 Å². The van der Waals surface area contributed by atoms with Gasteiger partial charge >= 0.3 is 0 Å². The Hall–Kier alpha value is -1.35. The fourth-order valence-corrected chi connectivity index (χ4v) is 2.81. The molecule has 0 amide bonds. The number of rotatable bonds is 9. The smallest absolute Gasteiger partial charge is 0.207 e. The zero-order valence-corrected chi connectivity index (χ0v) is 13.7. The quantitative estimate of drug-likeness (QED) is 0.554. The van der Waals surface area contributed by atoms with Gasteiger partial charge in [-0.25, -0.2) is 13.1 Å². The first-order valence-corrected chi connectivity index (χ1v) is 9.00. The van der Waals surface area contributed by atoms with Crippen LogP contribution in [0.2, 0.25) is 0 Å². The van der Waals surface area contributed by atoms with Crippen molar-refractivity contribution in [2.24, 2.45) is 0 Å². The van der Waals surface area contributed by atoms with Crippen molar-refractivity contribution in [2.75, 3.05) is 6.54 Å². The van der Waals surface area contributed by atoms with Crippen molar-refractivity contribution in [2.45, 2.75) is 50.8 Å². The molecule has 0 bridgehead atoms. The van der Waals surface area contributed by atoms with Crippen LogP contribution in [-0.4, -0.2) is 15.0 Å². The Bertz CT molecular complexity index is 567. The van der Waals surface area contributed by atoms with E-state index < -0.39 is 10.0 Å². The van der Waals surface area contributed by atoms with Gasteiger partial charge in [-0.3, -0.25) is 0 Å². The first-order valence-electron chi connectivity index (χ1n) is 7.52. The second-order valence-corrected chi connectivity index (χ2v) is 6.86. The third kappa shape index (κ3) is 7.28. The number of sulfonamides is 1. The van der Waals surface area contributed by atoms with Gasteiger partial charge in [0.1, 0.15) is 0 Å². The van der Waals surface area contributed by atoms with E-state index in [-0.39, 0.29) is 6.54 Å². The lowest BCUT2D eigenvalue weighted by molar-refractivity contribution is 0.585. The summed E-state index contributed by atoms with van der Waals surface area (Å²) in [4.78, 5) is 0.296. The molecule has 1 aromatic carbocycles. The zero-order valence-electron chi connectivity index (χ0n) is 12.9. The predicted molar refractivity (Wildman–Crippen MR) is 87.8 cm³/mol. The monoisotopic (exact) mass is 307 g/mol. The van der Waals surface area contributed by atoms with Gasteiger partial charge in [0.15, 0.2) is 0 Å². The molecule has 1 N–H and O–H groups in total. The molecule has 0 spiro atoms. The molecule has 0 saturated carbocycles. The topological polar surface area (TPSA) is 46.2 Å². The average molecular weight is 307 g/mol. The van der Waals surface area contributed by atoms with Gasteiger partial charge < -0.3 is 0 Å². The highest BCUT2D eigenvalue weighted by molar-refractivity contribution is 7.89. The van der Waals surface area contributed by atoms with Gasteiger partial charge in [-0.1, -0.05) is 43.9 Å². The van der Waals surface area contributed by atoms with E-state index in [1.807, 2.05) is 13.0 Å². The molecule has 0 aromatic heterocycles. The molecule has 0 radical (unpaired) electrons. The Morgan fingerprint density at radius 2 is 1.81 bits per heavy atom. The third-order valence-corrected chi connectivity index (χ3v) is 4.58. The molecule has 0 heterocycles. The molecule has 0 aliphatic heterocycles. The lowest BCUT2D eigenvalue weighted by atomic mass is 10.1. The van der Waals surface area contributed by atoms with Crippen LogP contribution in [0.4, 0.5) is 0 Å². The minimum absolute atomic E-state index is 0.266. The molecule has 1 aromatic rings. The van der Waals surface area contributed by atoms with E-state index in [9.17, 15) is 8.42 Å². The standard InChI is InChI=1S/C17H25NO2S/c1-3-4-5-6-7-8-9-10-15-18-21(19,20)17-13-11-16(2)12-14-17/h8,10-14,18H,3-7,15H2,1-2H3. The Morgan fingerprint density at radius 1 is 1.10 bits per heavy atom. The minimum atomic E-state index is -3.42. The highest BCUT2D eigenvalue weighted by Gasteiger charge is 2.11. The molecule has 0 atom stereocenters. The maximum atomic E-state index is 12.0. The maximum Gasteiger partial charge on any atom is 0.240 e. The van der Waals surface area contributed by atoms with Crippen molar-refractivity contribution in [3.05, 3.63) is 47.7 Å². The summed E-state index contributed by atoms with van der Waals surface area (Å²) in [5, 5.41) is 0. The summed E-state index contributed by atoms with van der Waals surface area (Å²) >= 11 is 0. The Morgan fingerprint density at radius 3 is 2.48 bits per heavy atom. The van der Waals surface area contributed by atoms with E-state index in [1.54, 1.807) is 30.3 Å². The van der Waals surface area contributed by atoms with Gasteiger partial charge in [0.25, 0.3) is 0 Å². The molecular formula is C17H25NO2S. The number of benzene rings is 1. The highest BCUT2D eigenvalue weighted by Crippen LogP contribution is 2.09. The summed E-state index contributed by atoms with van der Waals surface area (Å²) in [6.07, 6.45) is 9.61. The minimum Gasteiger partial charge on any atom is -0.207 e. The van der Waals surface area contributed by atoms with Crippen LogP contribution in [-0.2, 0) is 10.0 Å². The number of hydrogen-bond acceptors (Lipinski definition) is 2. The number of unbranched alkanes of at least 4 members (excludes halogenated alkanes) is 4. The van der Waals surface area contributed by atoms with Crippen LogP contribution in [0, 0.1) is 6.92 Å². The highest BCUT2D eigenvalue weighted by atomic mass is 32.2. The van der Waals surface area contributed by atoms with Gasteiger partial charge in [-0.15, -0.1) is 5.73 Å². The van der Waals surface area contributed by atoms with Crippen LogP contribution in [0.3, 0.4) is 0 Å². The average Bonchev–Trinajstić information content (AvgIpc) is 2.46. The van der Waals surface area contributed by atoms with Crippen molar-refractivity contribution in [1.82, 2.24) is 4.72 Å². The number of hydrogen-bond donors (Lipinski definition) is 1. The normalized spacial score (nSPS) is 11.0. The summed E-state index contributed by atoms with van der Waals surface area (Å²) in [5.41, 5.74) is 4.06. The largest absolute Gasteiger partial charge is 0.240 e. The van der Waals surface area contributed by atoms with Crippen LogP contribution in [0.25, 0.3) is 0 Å². The first kappa shape index (κ1) is 17.7. The second-order valence-electron chi connectivity index (χ2n) is 5.09. The molecule has 0 unspecified atom stereocenters. The van der Waals surface area contributed by atoms with Crippen molar-refractivity contribution >= 4 is 10.0 Å². The Balaban J connectivity index is 2.37. The SMILES string of the molecule is CCCCCCC=C=CCNS(=O)(=O)c1ccc(C)cc1. The molecule has 21 heavy (non-hydrogen) atoms. The summed E-state index contributed by atoms with van der Waals surface area (Å²) in [5.74, 6) is 0. The molecule has 0 fully saturated rings. The van der Waals surface area contributed by atoms with Gasteiger partial charge in [-0.2, -0.15) is 0 Å². The fraction of sp³-hybridized carbons (Fsp3) is 0.471. The van der Waals surface area contributed by atoms with Crippen molar-refractivity contribution in [1.29, 1.82) is 0 Å². The third-order valence-electron chi connectivity index (χ3n) is 3.14. The fourth-order valence-electron chi connectivity index (χ4n) is 1.85. The molecule has 0 aliphatic carbocycles. The van der Waals surface area contributed by atoms with E-state index in [4.69, 9.17) is 0 Å². The van der Waals surface area contributed by atoms with Crippen molar-refractivity contribution in [3.63, 3.8) is 0 Å². The molecule has 1 rings (SSSR count). The molecule has 0 saturated heterocycles. The maximum absolute atomic E-state index is 12.0. The molecule has 0 aliphatic rings. The van der Waals surface area contributed by atoms with Crippen LogP contribution >= 0.6 is 0 Å². The summed E-state index contributed by atoms with van der Waals surface area (Å²) in [6, 6.07) is 6.82. The van der Waals surface area contributed by atoms with Crippen LogP contribution in [0.5, 0.6) is 0 Å². The predicted octanol–water partition coefficient (Wildman–Crippen LogP) is 3.96. The van der Waals surface area contributed by atoms with E-state index in [1.165, 1.54) is 25.7 Å². The van der Waals surface area contributed by atoms with Gasteiger partial charge in [0.2, 0.25) is 10.0 Å². The molecule has 3 nitrogen and oxygen atoms in total. The van der Waals surface area contributed by atoms with E-state index >= 15 is 0 Å². The second kappa shape index (κ2) is 9.56. The zero-order chi connectivity index (χ0) is 15.6.